The van der Waals surface area contributed by atoms with Crippen molar-refractivity contribution < 1.29 is 26.3 Å². The molecular weight excluding hydrogens is 354 g/mol. The molecule has 6 heteroatoms. The van der Waals surface area contributed by atoms with Crippen LogP contribution in [0, 0.1) is 0 Å². The van der Waals surface area contributed by atoms with Gasteiger partial charge in [-0.05, 0) is 31.1 Å². The largest absolute Gasteiger partial charge is 0.416 e. The van der Waals surface area contributed by atoms with Gasteiger partial charge in [0.2, 0.25) is 0 Å². The molecule has 0 atom stereocenters. The molecule has 0 bridgehead atoms. The van der Waals surface area contributed by atoms with Crippen LogP contribution in [0.4, 0.5) is 26.3 Å². The molecule has 0 aliphatic carbocycles. The maximum atomic E-state index is 13.1. The maximum Gasteiger partial charge on any atom is 0.416 e. The van der Waals surface area contributed by atoms with E-state index in [0.29, 0.717) is 6.08 Å². The number of alkyl halides is 6. The fourth-order valence-corrected chi connectivity index (χ4v) is 1.64. The number of hydrogen-bond donors (Lipinski definition) is 0. The molecule has 0 aromatic rings. The van der Waals surface area contributed by atoms with Crippen LogP contribution < -0.4 is 0 Å². The van der Waals surface area contributed by atoms with Gasteiger partial charge in [0.05, 0.1) is 5.57 Å². The van der Waals surface area contributed by atoms with E-state index in [2.05, 4.69) is 13.2 Å². The molecule has 0 aromatic carbocycles. The van der Waals surface area contributed by atoms with Gasteiger partial charge in [-0.1, -0.05) is 71.2 Å². The van der Waals surface area contributed by atoms with Crippen LogP contribution in [0.5, 0.6) is 0 Å². The summed E-state index contributed by atoms with van der Waals surface area (Å²) in [5.74, 6) is 0. The van der Waals surface area contributed by atoms with Crippen molar-refractivity contribution in [3.05, 3.63) is 71.9 Å². The highest BCUT2D eigenvalue weighted by Crippen LogP contribution is 2.39. The number of allylic oxidation sites excluding steroid dienone is 10. The van der Waals surface area contributed by atoms with Gasteiger partial charge >= 0.3 is 12.4 Å². The molecule has 0 aromatic heterocycles. The van der Waals surface area contributed by atoms with E-state index in [0.717, 1.165) is 31.2 Å². The molecule has 150 valence electrons. The van der Waals surface area contributed by atoms with Gasteiger partial charge < -0.3 is 0 Å². The van der Waals surface area contributed by atoms with Crippen LogP contribution in [-0.4, -0.2) is 12.4 Å². The lowest BCUT2D eigenvalue weighted by Crippen LogP contribution is -2.18. The molecule has 26 heavy (non-hydrogen) atoms. The topological polar surface area (TPSA) is 0 Å². The minimum atomic E-state index is -4.81. The molecule has 0 aliphatic heterocycles. The lowest BCUT2D eigenvalue weighted by Gasteiger charge is -2.19. The van der Waals surface area contributed by atoms with Gasteiger partial charge in [0.1, 0.15) is 0 Å². The lowest BCUT2D eigenvalue weighted by molar-refractivity contribution is -0.0938. The summed E-state index contributed by atoms with van der Waals surface area (Å²) in [6.07, 6.45) is -3.77. The van der Waals surface area contributed by atoms with Crippen molar-refractivity contribution in [1.82, 2.24) is 0 Å². The van der Waals surface area contributed by atoms with Gasteiger partial charge in [0, 0.05) is 5.57 Å². The monoisotopic (exact) mass is 382 g/mol. The second kappa shape index (κ2) is 14.2. The van der Waals surface area contributed by atoms with Crippen LogP contribution in [0.2, 0.25) is 0 Å². The normalized spacial score (nSPS) is 13.8. The Morgan fingerprint density at radius 1 is 0.808 bits per heavy atom. The van der Waals surface area contributed by atoms with E-state index in [9.17, 15) is 26.3 Å². The predicted molar refractivity (Wildman–Crippen MR) is 98.9 cm³/mol. The number of halogens is 6. The van der Waals surface area contributed by atoms with Crippen LogP contribution >= 0.6 is 0 Å². The molecular formula is C20H28F6. The van der Waals surface area contributed by atoms with Crippen molar-refractivity contribution in [2.45, 2.75) is 53.9 Å². The van der Waals surface area contributed by atoms with Gasteiger partial charge in [0.15, 0.2) is 0 Å². The third kappa shape index (κ3) is 10.1. The Labute approximate surface area is 153 Å². The number of rotatable bonds is 5. The van der Waals surface area contributed by atoms with Gasteiger partial charge in [-0.15, -0.1) is 0 Å². The molecule has 0 radical (unpaired) electrons. The van der Waals surface area contributed by atoms with Crippen LogP contribution in [0.25, 0.3) is 0 Å². The molecule has 0 amide bonds. The standard InChI is InChI=1S/C16H16F6.2C2H6/c1-5-8-10-13(11(4)15(17,18)19)12(7-3)14(9-6-2)16(20,21)22;2*1-2/h5-10H,1-2H2,3-4H3;2*1-2H3/b10-8-,12-7-,13-11-,14-9+;;. The molecule has 0 heterocycles. The summed E-state index contributed by atoms with van der Waals surface area (Å²) in [5, 5.41) is 0. The predicted octanol–water partition coefficient (Wildman–Crippen LogP) is 8.28. The van der Waals surface area contributed by atoms with E-state index < -0.39 is 34.6 Å². The quantitative estimate of drug-likeness (QED) is 0.331. The van der Waals surface area contributed by atoms with E-state index in [1.807, 2.05) is 27.7 Å². The summed E-state index contributed by atoms with van der Waals surface area (Å²) in [6.45, 7) is 16.4. The molecule has 0 fully saturated rings. The minimum absolute atomic E-state index is 0.569. The molecule has 0 saturated carbocycles. The molecule has 0 rings (SSSR count). The molecule has 0 nitrogen and oxygen atoms in total. The van der Waals surface area contributed by atoms with Crippen molar-refractivity contribution in [2.75, 3.05) is 0 Å². The van der Waals surface area contributed by atoms with E-state index in [4.69, 9.17) is 0 Å². The highest BCUT2D eigenvalue weighted by atomic mass is 19.4. The Morgan fingerprint density at radius 2 is 1.27 bits per heavy atom. The average Bonchev–Trinajstić information content (AvgIpc) is 2.58. The summed E-state index contributed by atoms with van der Waals surface area (Å²) in [5.41, 5.74) is -3.46. The fourth-order valence-electron chi connectivity index (χ4n) is 1.64. The zero-order chi connectivity index (χ0) is 21.6. The highest BCUT2D eigenvalue weighted by Gasteiger charge is 2.39. The van der Waals surface area contributed by atoms with Gasteiger partial charge in [-0.2, -0.15) is 26.3 Å². The number of hydrogen-bond acceptors (Lipinski definition) is 0. The molecule has 0 N–H and O–H groups in total. The zero-order valence-corrected chi connectivity index (χ0v) is 16.1. The lowest BCUT2D eigenvalue weighted by atomic mass is 9.92. The third-order valence-electron chi connectivity index (χ3n) is 2.69. The minimum Gasteiger partial charge on any atom is -0.166 e. The van der Waals surface area contributed by atoms with Gasteiger partial charge in [-0.3, -0.25) is 0 Å². The molecule has 0 spiro atoms. The molecule has 0 saturated heterocycles. The van der Waals surface area contributed by atoms with E-state index in [1.54, 1.807) is 0 Å². The van der Waals surface area contributed by atoms with Crippen LogP contribution in [0.15, 0.2) is 71.9 Å². The smallest absolute Gasteiger partial charge is 0.166 e. The van der Waals surface area contributed by atoms with Crippen molar-refractivity contribution >= 4 is 0 Å². The second-order valence-corrected chi connectivity index (χ2v) is 4.15. The molecule has 0 unspecified atom stereocenters. The van der Waals surface area contributed by atoms with Crippen LogP contribution in [0.3, 0.4) is 0 Å². The summed E-state index contributed by atoms with van der Waals surface area (Å²) in [7, 11) is 0. The molecule has 0 aliphatic rings. The van der Waals surface area contributed by atoms with Crippen LogP contribution in [-0.2, 0) is 0 Å². The Hall–Kier alpha value is -1.98. The van der Waals surface area contributed by atoms with Gasteiger partial charge in [0.25, 0.3) is 0 Å². The summed E-state index contributed by atoms with van der Waals surface area (Å²) in [4.78, 5) is 0. The first kappa shape index (κ1) is 28.8. The van der Waals surface area contributed by atoms with Crippen molar-refractivity contribution in [2.24, 2.45) is 0 Å². The van der Waals surface area contributed by atoms with E-state index >= 15 is 0 Å². The summed E-state index contributed by atoms with van der Waals surface area (Å²) in [6, 6.07) is 0. The van der Waals surface area contributed by atoms with Crippen molar-refractivity contribution in [3.63, 3.8) is 0 Å². The van der Waals surface area contributed by atoms with E-state index in [-0.39, 0.29) is 0 Å². The highest BCUT2D eigenvalue weighted by molar-refractivity contribution is 5.56. The van der Waals surface area contributed by atoms with E-state index in [1.165, 1.54) is 13.0 Å². The van der Waals surface area contributed by atoms with Crippen LogP contribution in [0.1, 0.15) is 41.5 Å². The average molecular weight is 382 g/mol. The first-order valence-corrected chi connectivity index (χ1v) is 8.14. The maximum absolute atomic E-state index is 13.1. The Bertz CT molecular complexity index is 538. The third-order valence-corrected chi connectivity index (χ3v) is 2.69. The van der Waals surface area contributed by atoms with Crippen molar-refractivity contribution in [3.8, 4) is 0 Å². The Balaban J connectivity index is -0.00000123. The summed E-state index contributed by atoms with van der Waals surface area (Å²) >= 11 is 0. The van der Waals surface area contributed by atoms with Gasteiger partial charge in [-0.25, -0.2) is 0 Å². The Kier molecular flexibility index (Phi) is 15.8. The first-order valence-electron chi connectivity index (χ1n) is 8.14. The summed E-state index contributed by atoms with van der Waals surface area (Å²) < 4.78 is 78.0. The SMILES string of the molecule is C=C\C=C/C(C(=C/C)/C(=C\C=C)C(F)(F)F)=C(\C)C(F)(F)F.CC.CC. The first-order chi connectivity index (χ1) is 12.0. The fraction of sp³-hybridized carbons (Fsp3) is 0.400. The second-order valence-electron chi connectivity index (χ2n) is 4.15. The zero-order valence-electron chi connectivity index (χ0n) is 16.1. The van der Waals surface area contributed by atoms with Crippen molar-refractivity contribution in [1.29, 1.82) is 0 Å². The Morgan fingerprint density at radius 3 is 1.54 bits per heavy atom.